The Morgan fingerprint density at radius 3 is 2.28 bits per heavy atom. The van der Waals surface area contributed by atoms with Gasteiger partial charge in [-0.15, -0.1) is 0 Å². The molecule has 1 aromatic heterocycles. The van der Waals surface area contributed by atoms with E-state index in [1.54, 1.807) is 17.9 Å². The molecule has 0 fully saturated rings. The maximum absolute atomic E-state index is 12.1. The lowest BCUT2D eigenvalue weighted by Crippen LogP contribution is -2.12. The van der Waals surface area contributed by atoms with Crippen LogP contribution in [-0.4, -0.2) is 15.7 Å². The summed E-state index contributed by atoms with van der Waals surface area (Å²) in [5, 5.41) is 7.07. The molecule has 2 aromatic rings. The summed E-state index contributed by atoms with van der Waals surface area (Å²) in [6.07, 6.45) is 1.73. The molecule has 4 nitrogen and oxygen atoms in total. The van der Waals surface area contributed by atoms with Gasteiger partial charge in [0.15, 0.2) is 0 Å². The number of hydrogen-bond acceptors (Lipinski definition) is 2. The standard InChI is InChI=1S/C14H17N3O/c1-9-5-10(2)7-12(6-9)15-14(18)13-8-17(4)16-11(13)3/h5-8H,1-4H3,(H,15,18). The fourth-order valence-electron chi connectivity index (χ4n) is 2.07. The van der Waals surface area contributed by atoms with E-state index in [1.165, 1.54) is 0 Å². The number of benzene rings is 1. The minimum atomic E-state index is -0.120. The number of aromatic nitrogens is 2. The fraction of sp³-hybridized carbons (Fsp3) is 0.286. The molecule has 0 aliphatic rings. The molecule has 1 aromatic carbocycles. The van der Waals surface area contributed by atoms with Gasteiger partial charge in [0, 0.05) is 18.9 Å². The van der Waals surface area contributed by atoms with E-state index >= 15 is 0 Å². The van der Waals surface area contributed by atoms with Crippen LogP contribution in [0.3, 0.4) is 0 Å². The zero-order valence-corrected chi connectivity index (χ0v) is 11.1. The van der Waals surface area contributed by atoms with Gasteiger partial charge in [-0.3, -0.25) is 9.48 Å². The van der Waals surface area contributed by atoms with Crippen LogP contribution >= 0.6 is 0 Å². The summed E-state index contributed by atoms with van der Waals surface area (Å²) in [6.45, 7) is 5.85. The Hall–Kier alpha value is -2.10. The lowest BCUT2D eigenvalue weighted by atomic mass is 10.1. The number of carbonyl (C=O) groups is 1. The summed E-state index contributed by atoms with van der Waals surface area (Å²) in [6, 6.07) is 5.98. The van der Waals surface area contributed by atoms with Gasteiger partial charge < -0.3 is 5.32 Å². The van der Waals surface area contributed by atoms with Gasteiger partial charge in [0.1, 0.15) is 0 Å². The Kier molecular flexibility index (Phi) is 3.19. The first-order chi connectivity index (χ1) is 8.45. The molecule has 18 heavy (non-hydrogen) atoms. The second kappa shape index (κ2) is 4.64. The van der Waals surface area contributed by atoms with Crippen molar-refractivity contribution < 1.29 is 4.79 Å². The van der Waals surface area contributed by atoms with Crippen molar-refractivity contribution >= 4 is 11.6 Å². The Bertz CT molecular complexity index is 579. The van der Waals surface area contributed by atoms with Crippen LogP contribution in [0.4, 0.5) is 5.69 Å². The highest BCUT2D eigenvalue weighted by Crippen LogP contribution is 2.15. The zero-order valence-electron chi connectivity index (χ0n) is 11.1. The Morgan fingerprint density at radius 2 is 1.78 bits per heavy atom. The predicted octanol–water partition coefficient (Wildman–Crippen LogP) is 2.60. The van der Waals surface area contributed by atoms with E-state index in [1.807, 2.05) is 32.9 Å². The minimum absolute atomic E-state index is 0.120. The van der Waals surface area contributed by atoms with Crippen LogP contribution in [0.2, 0.25) is 0 Å². The predicted molar refractivity (Wildman–Crippen MR) is 71.8 cm³/mol. The molecule has 0 spiro atoms. The van der Waals surface area contributed by atoms with Crippen LogP contribution in [0.5, 0.6) is 0 Å². The second-order valence-electron chi connectivity index (χ2n) is 4.63. The van der Waals surface area contributed by atoms with E-state index in [2.05, 4.69) is 16.5 Å². The van der Waals surface area contributed by atoms with E-state index in [0.717, 1.165) is 22.5 Å². The summed E-state index contributed by atoms with van der Waals surface area (Å²) in [7, 11) is 1.81. The van der Waals surface area contributed by atoms with Crippen LogP contribution in [0.25, 0.3) is 0 Å². The van der Waals surface area contributed by atoms with Crippen molar-refractivity contribution in [1.82, 2.24) is 9.78 Å². The molecule has 0 aliphatic carbocycles. The third kappa shape index (κ3) is 2.59. The van der Waals surface area contributed by atoms with Gasteiger partial charge in [-0.05, 0) is 44.0 Å². The molecule has 1 amide bonds. The molecular weight excluding hydrogens is 226 g/mol. The second-order valence-corrected chi connectivity index (χ2v) is 4.63. The molecule has 0 bridgehead atoms. The van der Waals surface area contributed by atoms with E-state index in [0.29, 0.717) is 5.56 Å². The normalized spacial score (nSPS) is 10.4. The highest BCUT2D eigenvalue weighted by Gasteiger charge is 2.12. The van der Waals surface area contributed by atoms with E-state index in [-0.39, 0.29) is 5.91 Å². The lowest BCUT2D eigenvalue weighted by Gasteiger charge is -2.06. The van der Waals surface area contributed by atoms with Gasteiger partial charge in [0.05, 0.1) is 11.3 Å². The highest BCUT2D eigenvalue weighted by molar-refractivity contribution is 6.04. The van der Waals surface area contributed by atoms with Crippen molar-refractivity contribution in [1.29, 1.82) is 0 Å². The summed E-state index contributed by atoms with van der Waals surface area (Å²) in [4.78, 5) is 12.1. The molecule has 2 rings (SSSR count). The number of anilines is 1. The molecule has 0 atom stereocenters. The minimum Gasteiger partial charge on any atom is -0.322 e. The quantitative estimate of drug-likeness (QED) is 0.881. The number of hydrogen-bond donors (Lipinski definition) is 1. The Balaban J connectivity index is 2.23. The van der Waals surface area contributed by atoms with Gasteiger partial charge >= 0.3 is 0 Å². The van der Waals surface area contributed by atoms with Crippen LogP contribution in [0, 0.1) is 20.8 Å². The smallest absolute Gasteiger partial charge is 0.259 e. The third-order valence-corrected chi connectivity index (χ3v) is 2.74. The van der Waals surface area contributed by atoms with Crippen molar-refractivity contribution in [3.8, 4) is 0 Å². The fourth-order valence-corrected chi connectivity index (χ4v) is 2.07. The van der Waals surface area contributed by atoms with Crippen molar-refractivity contribution in [2.24, 2.45) is 7.05 Å². The molecule has 0 unspecified atom stereocenters. The Morgan fingerprint density at radius 1 is 1.17 bits per heavy atom. The average molecular weight is 243 g/mol. The van der Waals surface area contributed by atoms with E-state index < -0.39 is 0 Å². The maximum Gasteiger partial charge on any atom is 0.259 e. The molecular formula is C14H17N3O. The number of nitrogens with zero attached hydrogens (tertiary/aromatic N) is 2. The van der Waals surface area contributed by atoms with Crippen molar-refractivity contribution in [2.75, 3.05) is 5.32 Å². The number of nitrogens with one attached hydrogen (secondary N) is 1. The van der Waals surface area contributed by atoms with Crippen molar-refractivity contribution in [3.63, 3.8) is 0 Å². The van der Waals surface area contributed by atoms with Crippen LogP contribution in [0.15, 0.2) is 24.4 Å². The van der Waals surface area contributed by atoms with Gasteiger partial charge in [0.2, 0.25) is 0 Å². The van der Waals surface area contributed by atoms with E-state index in [9.17, 15) is 4.79 Å². The Labute approximate surface area is 107 Å². The molecule has 1 N–H and O–H groups in total. The van der Waals surface area contributed by atoms with Crippen LogP contribution < -0.4 is 5.32 Å². The number of aryl methyl sites for hydroxylation is 4. The first kappa shape index (κ1) is 12.4. The molecule has 0 aliphatic heterocycles. The van der Waals surface area contributed by atoms with Gasteiger partial charge in [0.25, 0.3) is 5.91 Å². The molecule has 94 valence electrons. The molecule has 0 saturated heterocycles. The first-order valence-corrected chi connectivity index (χ1v) is 5.85. The largest absolute Gasteiger partial charge is 0.322 e. The lowest BCUT2D eigenvalue weighted by molar-refractivity contribution is 0.102. The number of rotatable bonds is 2. The summed E-state index contributed by atoms with van der Waals surface area (Å²) >= 11 is 0. The van der Waals surface area contributed by atoms with Gasteiger partial charge in [-0.2, -0.15) is 5.10 Å². The summed E-state index contributed by atoms with van der Waals surface area (Å²) in [5.74, 6) is -0.120. The molecule has 0 radical (unpaired) electrons. The maximum atomic E-state index is 12.1. The average Bonchev–Trinajstić information content (AvgIpc) is 2.56. The number of carbonyl (C=O) groups excluding carboxylic acids is 1. The topological polar surface area (TPSA) is 46.9 Å². The van der Waals surface area contributed by atoms with Crippen LogP contribution in [0.1, 0.15) is 27.2 Å². The van der Waals surface area contributed by atoms with Gasteiger partial charge in [-0.25, -0.2) is 0 Å². The third-order valence-electron chi connectivity index (χ3n) is 2.74. The first-order valence-electron chi connectivity index (χ1n) is 5.85. The summed E-state index contributed by atoms with van der Waals surface area (Å²) in [5.41, 5.74) is 4.43. The van der Waals surface area contributed by atoms with Gasteiger partial charge in [-0.1, -0.05) is 6.07 Å². The van der Waals surface area contributed by atoms with Crippen LogP contribution in [-0.2, 0) is 7.05 Å². The number of amides is 1. The summed E-state index contributed by atoms with van der Waals surface area (Å²) < 4.78 is 1.64. The van der Waals surface area contributed by atoms with E-state index in [4.69, 9.17) is 0 Å². The molecule has 1 heterocycles. The van der Waals surface area contributed by atoms with Crippen molar-refractivity contribution in [3.05, 3.63) is 46.8 Å². The monoisotopic (exact) mass is 243 g/mol. The highest BCUT2D eigenvalue weighted by atomic mass is 16.1. The zero-order chi connectivity index (χ0) is 13.3. The molecule has 4 heteroatoms. The SMILES string of the molecule is Cc1cc(C)cc(NC(=O)c2cn(C)nc2C)c1. The van der Waals surface area contributed by atoms with Crippen molar-refractivity contribution in [2.45, 2.75) is 20.8 Å². The molecule has 0 saturated carbocycles.